The van der Waals surface area contributed by atoms with E-state index in [-0.39, 0.29) is 17.3 Å². The van der Waals surface area contributed by atoms with Crippen molar-refractivity contribution >= 4 is 21.6 Å². The summed E-state index contributed by atoms with van der Waals surface area (Å²) < 4.78 is 25.9. The molecule has 0 aliphatic carbocycles. The van der Waals surface area contributed by atoms with Gasteiger partial charge in [-0.05, 0) is 36.6 Å². The second-order valence-corrected chi connectivity index (χ2v) is 8.69. The number of hydrogen-bond acceptors (Lipinski definition) is 4. The van der Waals surface area contributed by atoms with Crippen LogP contribution in [-0.4, -0.2) is 51.9 Å². The standard InChI is InChI=1S/C20H25N3O3S/c1-22(27(25,26)18-9-3-2-4-10-18)16-20(24)21-13-7-14-23-15-12-17-8-5-6-11-19(17)23/h2-6,8-11H,7,12-16H2,1H3,(H,21,24). The first-order chi connectivity index (χ1) is 13.0. The molecule has 0 unspecified atom stereocenters. The van der Waals surface area contributed by atoms with Gasteiger partial charge in [0.05, 0.1) is 11.4 Å². The summed E-state index contributed by atoms with van der Waals surface area (Å²) in [7, 11) is -2.23. The monoisotopic (exact) mass is 387 g/mol. The number of nitrogens with zero attached hydrogens (tertiary/aromatic N) is 2. The van der Waals surface area contributed by atoms with Crippen LogP contribution in [0.2, 0.25) is 0 Å². The van der Waals surface area contributed by atoms with Crippen LogP contribution in [0, 0.1) is 0 Å². The molecular weight excluding hydrogens is 362 g/mol. The van der Waals surface area contributed by atoms with Crippen molar-refractivity contribution in [2.45, 2.75) is 17.7 Å². The summed E-state index contributed by atoms with van der Waals surface area (Å²) in [6, 6.07) is 16.5. The van der Waals surface area contributed by atoms with E-state index in [1.54, 1.807) is 18.2 Å². The lowest BCUT2D eigenvalue weighted by atomic mass is 10.2. The van der Waals surface area contributed by atoms with Crippen LogP contribution in [0.15, 0.2) is 59.5 Å². The number of para-hydroxylation sites is 1. The Labute approximate surface area is 160 Å². The number of hydrogen-bond donors (Lipinski definition) is 1. The van der Waals surface area contributed by atoms with E-state index < -0.39 is 10.0 Å². The number of carbonyl (C=O) groups is 1. The van der Waals surface area contributed by atoms with Crippen molar-refractivity contribution in [2.24, 2.45) is 0 Å². The maximum absolute atomic E-state index is 12.4. The molecule has 0 radical (unpaired) electrons. The fourth-order valence-corrected chi connectivity index (χ4v) is 4.40. The van der Waals surface area contributed by atoms with Crippen LogP contribution in [-0.2, 0) is 21.2 Å². The largest absolute Gasteiger partial charge is 0.371 e. The van der Waals surface area contributed by atoms with Gasteiger partial charge in [-0.15, -0.1) is 0 Å². The molecule has 0 aromatic heterocycles. The molecule has 1 amide bonds. The van der Waals surface area contributed by atoms with Crippen molar-refractivity contribution in [1.82, 2.24) is 9.62 Å². The second-order valence-electron chi connectivity index (χ2n) is 6.64. The van der Waals surface area contributed by atoms with Gasteiger partial charge >= 0.3 is 0 Å². The summed E-state index contributed by atoms with van der Waals surface area (Å²) in [4.78, 5) is 14.6. The Bertz CT molecular complexity index is 884. The predicted molar refractivity (Wildman–Crippen MR) is 106 cm³/mol. The van der Waals surface area contributed by atoms with Gasteiger partial charge in [0.1, 0.15) is 0 Å². The van der Waals surface area contributed by atoms with Crippen LogP contribution in [0.1, 0.15) is 12.0 Å². The number of nitrogens with one attached hydrogen (secondary N) is 1. The van der Waals surface area contributed by atoms with E-state index in [1.165, 1.54) is 30.4 Å². The van der Waals surface area contributed by atoms with Crippen LogP contribution >= 0.6 is 0 Å². The molecule has 2 aromatic rings. The molecule has 0 spiro atoms. The third kappa shape index (κ3) is 4.67. The predicted octanol–water partition coefficient (Wildman–Crippen LogP) is 1.88. The van der Waals surface area contributed by atoms with E-state index in [9.17, 15) is 13.2 Å². The highest BCUT2D eigenvalue weighted by molar-refractivity contribution is 7.89. The summed E-state index contributed by atoms with van der Waals surface area (Å²) in [5.74, 6) is -0.293. The van der Waals surface area contributed by atoms with Gasteiger partial charge in [0, 0.05) is 32.4 Å². The fourth-order valence-electron chi connectivity index (χ4n) is 3.25. The molecular formula is C20H25N3O3S. The Morgan fingerprint density at radius 1 is 1.11 bits per heavy atom. The Balaban J connectivity index is 1.42. The van der Waals surface area contributed by atoms with E-state index >= 15 is 0 Å². The number of benzene rings is 2. The second kappa shape index (κ2) is 8.54. The molecule has 1 heterocycles. The molecule has 0 saturated heterocycles. The topological polar surface area (TPSA) is 69.7 Å². The minimum atomic E-state index is -3.65. The molecule has 3 rings (SSSR count). The van der Waals surface area contributed by atoms with Gasteiger partial charge in [-0.1, -0.05) is 36.4 Å². The molecule has 144 valence electrons. The summed E-state index contributed by atoms with van der Waals surface area (Å²) in [6.45, 7) is 2.21. The van der Waals surface area contributed by atoms with Crippen molar-refractivity contribution in [3.05, 3.63) is 60.2 Å². The maximum Gasteiger partial charge on any atom is 0.243 e. The van der Waals surface area contributed by atoms with Gasteiger partial charge < -0.3 is 10.2 Å². The SMILES string of the molecule is CN(CC(=O)NCCCN1CCc2ccccc21)S(=O)(=O)c1ccccc1. The summed E-state index contributed by atoms with van der Waals surface area (Å²) in [6.07, 6.45) is 1.87. The lowest BCUT2D eigenvalue weighted by molar-refractivity contribution is -0.121. The lowest BCUT2D eigenvalue weighted by Crippen LogP contribution is -2.39. The van der Waals surface area contributed by atoms with Gasteiger partial charge in [0.2, 0.25) is 15.9 Å². The van der Waals surface area contributed by atoms with Crippen LogP contribution in [0.3, 0.4) is 0 Å². The highest BCUT2D eigenvalue weighted by Gasteiger charge is 2.22. The molecule has 0 fully saturated rings. The zero-order valence-corrected chi connectivity index (χ0v) is 16.3. The maximum atomic E-state index is 12.4. The van der Waals surface area contributed by atoms with Crippen molar-refractivity contribution in [1.29, 1.82) is 0 Å². The van der Waals surface area contributed by atoms with Gasteiger partial charge in [-0.3, -0.25) is 4.79 Å². The van der Waals surface area contributed by atoms with Gasteiger partial charge in [-0.25, -0.2) is 8.42 Å². The van der Waals surface area contributed by atoms with Gasteiger partial charge in [0.25, 0.3) is 0 Å². The van der Waals surface area contributed by atoms with Crippen LogP contribution in [0.25, 0.3) is 0 Å². The smallest absolute Gasteiger partial charge is 0.243 e. The lowest BCUT2D eigenvalue weighted by Gasteiger charge is -2.20. The summed E-state index contributed by atoms with van der Waals surface area (Å²) in [5.41, 5.74) is 2.65. The molecule has 1 N–H and O–H groups in total. The average molecular weight is 388 g/mol. The number of likely N-dealkylation sites (N-methyl/N-ethyl adjacent to an activating group) is 1. The Morgan fingerprint density at radius 3 is 2.59 bits per heavy atom. The first-order valence-corrected chi connectivity index (χ1v) is 10.5. The number of carbonyl (C=O) groups excluding carboxylic acids is 1. The quantitative estimate of drug-likeness (QED) is 0.702. The third-order valence-corrected chi connectivity index (χ3v) is 6.55. The summed E-state index contributed by atoms with van der Waals surface area (Å²) >= 11 is 0. The zero-order valence-electron chi connectivity index (χ0n) is 15.5. The highest BCUT2D eigenvalue weighted by atomic mass is 32.2. The number of amides is 1. The van der Waals surface area contributed by atoms with Crippen molar-refractivity contribution in [2.75, 3.05) is 38.1 Å². The van der Waals surface area contributed by atoms with Crippen molar-refractivity contribution < 1.29 is 13.2 Å². The Morgan fingerprint density at radius 2 is 1.81 bits per heavy atom. The van der Waals surface area contributed by atoms with E-state index in [4.69, 9.17) is 0 Å². The average Bonchev–Trinajstić information content (AvgIpc) is 3.09. The van der Waals surface area contributed by atoms with E-state index in [1.807, 2.05) is 6.07 Å². The fraction of sp³-hybridized carbons (Fsp3) is 0.350. The van der Waals surface area contributed by atoms with Crippen molar-refractivity contribution in [3.63, 3.8) is 0 Å². The van der Waals surface area contributed by atoms with Crippen LogP contribution in [0.5, 0.6) is 0 Å². The molecule has 0 saturated carbocycles. The molecule has 27 heavy (non-hydrogen) atoms. The minimum absolute atomic E-state index is 0.188. The molecule has 6 nitrogen and oxygen atoms in total. The van der Waals surface area contributed by atoms with E-state index in [0.717, 1.165) is 30.2 Å². The third-order valence-electron chi connectivity index (χ3n) is 4.73. The van der Waals surface area contributed by atoms with E-state index in [0.29, 0.717) is 6.54 Å². The number of rotatable bonds is 8. The normalized spacial score (nSPS) is 13.6. The van der Waals surface area contributed by atoms with Gasteiger partial charge in [-0.2, -0.15) is 4.31 Å². The molecule has 0 atom stereocenters. The minimum Gasteiger partial charge on any atom is -0.371 e. The molecule has 1 aliphatic heterocycles. The zero-order chi connectivity index (χ0) is 19.3. The first-order valence-electron chi connectivity index (χ1n) is 9.09. The molecule has 1 aliphatic rings. The molecule has 7 heteroatoms. The van der Waals surface area contributed by atoms with Crippen molar-refractivity contribution in [3.8, 4) is 0 Å². The molecule has 0 bridgehead atoms. The highest BCUT2D eigenvalue weighted by Crippen LogP contribution is 2.27. The number of sulfonamides is 1. The number of anilines is 1. The first kappa shape index (κ1) is 19.4. The Kier molecular flexibility index (Phi) is 6.13. The Hall–Kier alpha value is -2.38. The van der Waals surface area contributed by atoms with Crippen LogP contribution in [0.4, 0.5) is 5.69 Å². The van der Waals surface area contributed by atoms with Gasteiger partial charge in [0.15, 0.2) is 0 Å². The molecule has 2 aromatic carbocycles. The van der Waals surface area contributed by atoms with Crippen LogP contribution < -0.4 is 10.2 Å². The summed E-state index contributed by atoms with van der Waals surface area (Å²) in [5, 5.41) is 2.81. The number of fused-ring (bicyclic) bond motifs is 1. The van der Waals surface area contributed by atoms with E-state index in [2.05, 4.69) is 28.4 Å².